The molecule has 1 heterocycles. The van der Waals surface area contributed by atoms with Crippen LogP contribution in [0.15, 0.2) is 4.99 Å². The summed E-state index contributed by atoms with van der Waals surface area (Å²) in [6.07, 6.45) is 6.65. The molecule has 0 radical (unpaired) electrons. The first-order valence-corrected chi connectivity index (χ1v) is 11.5. The highest BCUT2D eigenvalue weighted by atomic mass is 16.2. The Kier molecular flexibility index (Phi) is 8.58. The molecule has 3 N–H and O–H groups in total. The molecule has 0 aromatic heterocycles. The highest BCUT2D eigenvalue weighted by molar-refractivity contribution is 5.81. The number of amides is 2. The molecule has 0 aromatic rings. The first-order valence-electron chi connectivity index (χ1n) is 11.5. The summed E-state index contributed by atoms with van der Waals surface area (Å²) in [5.41, 5.74) is 0. The molecule has 0 aromatic carbocycles. The summed E-state index contributed by atoms with van der Waals surface area (Å²) in [5, 5.41) is 9.49. The molecule has 3 fully saturated rings. The van der Waals surface area contributed by atoms with Crippen LogP contribution in [0.4, 0.5) is 0 Å². The van der Waals surface area contributed by atoms with Gasteiger partial charge in [0.05, 0.1) is 6.54 Å². The van der Waals surface area contributed by atoms with Crippen LogP contribution < -0.4 is 16.0 Å². The zero-order chi connectivity index (χ0) is 20.5. The number of carbonyl (C=O) groups excluding carboxylic acids is 2. The van der Waals surface area contributed by atoms with Gasteiger partial charge in [-0.15, -0.1) is 0 Å². The molecule has 1 aliphatic heterocycles. The third-order valence-corrected chi connectivity index (χ3v) is 6.08. The Balaban J connectivity index is 1.30. The standard InChI is InChI=1S/C21H38N6O2/c1-2-22-21(24-10-9-23-19(28)17-7-8-17)25-11-12-26-13-15-27(16-14-26)20(29)18-5-3-4-6-18/h17-18H,2-16H2,1H3,(H,23,28)(H2,22,24,25). The van der Waals surface area contributed by atoms with Gasteiger partial charge in [-0.05, 0) is 32.6 Å². The van der Waals surface area contributed by atoms with E-state index in [0.29, 0.717) is 19.0 Å². The van der Waals surface area contributed by atoms with E-state index in [1.165, 1.54) is 12.8 Å². The van der Waals surface area contributed by atoms with Crippen molar-refractivity contribution < 1.29 is 9.59 Å². The van der Waals surface area contributed by atoms with Crippen LogP contribution in [0, 0.1) is 11.8 Å². The van der Waals surface area contributed by atoms with Gasteiger partial charge in [0.1, 0.15) is 0 Å². The van der Waals surface area contributed by atoms with Crippen LogP contribution in [-0.4, -0.2) is 86.5 Å². The second kappa shape index (κ2) is 11.4. The van der Waals surface area contributed by atoms with Crippen LogP contribution in [0.5, 0.6) is 0 Å². The minimum absolute atomic E-state index is 0.180. The summed E-state index contributed by atoms with van der Waals surface area (Å²) < 4.78 is 0. The molecule has 3 rings (SSSR count). The number of rotatable bonds is 9. The lowest BCUT2D eigenvalue weighted by atomic mass is 10.1. The molecule has 2 saturated carbocycles. The Morgan fingerprint density at radius 3 is 2.24 bits per heavy atom. The van der Waals surface area contributed by atoms with Crippen molar-refractivity contribution in [1.29, 1.82) is 0 Å². The number of carbonyl (C=O) groups is 2. The molecule has 29 heavy (non-hydrogen) atoms. The highest BCUT2D eigenvalue weighted by Crippen LogP contribution is 2.28. The first-order chi connectivity index (χ1) is 14.2. The number of hydrogen-bond acceptors (Lipinski definition) is 4. The quantitative estimate of drug-likeness (QED) is 0.293. The smallest absolute Gasteiger partial charge is 0.225 e. The first kappa shape index (κ1) is 21.9. The minimum Gasteiger partial charge on any atom is -0.357 e. The SMILES string of the molecule is CCNC(=NCCN1CCN(C(=O)C2CCCC2)CC1)NCCNC(=O)C1CC1. The Bertz CT molecular complexity index is 564. The van der Waals surface area contributed by atoms with Gasteiger partial charge in [-0.25, -0.2) is 0 Å². The number of hydrogen-bond donors (Lipinski definition) is 3. The summed E-state index contributed by atoms with van der Waals surface area (Å²) in [5.74, 6) is 1.90. The van der Waals surface area contributed by atoms with Crippen molar-refractivity contribution in [2.75, 3.05) is 58.9 Å². The fourth-order valence-electron chi connectivity index (χ4n) is 4.12. The number of nitrogens with one attached hydrogen (secondary N) is 3. The third kappa shape index (κ3) is 7.17. The molecule has 0 atom stereocenters. The van der Waals surface area contributed by atoms with Gasteiger partial charge in [0, 0.05) is 64.2 Å². The Hall–Kier alpha value is -1.83. The zero-order valence-electron chi connectivity index (χ0n) is 17.9. The lowest BCUT2D eigenvalue weighted by molar-refractivity contribution is -0.137. The van der Waals surface area contributed by atoms with Gasteiger partial charge in [-0.3, -0.25) is 19.5 Å². The van der Waals surface area contributed by atoms with Crippen LogP contribution in [0.2, 0.25) is 0 Å². The molecule has 2 amide bonds. The fourth-order valence-corrected chi connectivity index (χ4v) is 4.12. The molecule has 0 bridgehead atoms. The van der Waals surface area contributed by atoms with Gasteiger partial charge >= 0.3 is 0 Å². The van der Waals surface area contributed by atoms with E-state index >= 15 is 0 Å². The van der Waals surface area contributed by atoms with E-state index in [2.05, 4.69) is 30.7 Å². The van der Waals surface area contributed by atoms with Crippen molar-refractivity contribution in [2.45, 2.75) is 45.4 Å². The van der Waals surface area contributed by atoms with E-state index in [0.717, 1.165) is 77.5 Å². The topological polar surface area (TPSA) is 89.1 Å². The average Bonchev–Trinajstić information content (AvgIpc) is 3.45. The monoisotopic (exact) mass is 406 g/mol. The maximum atomic E-state index is 12.5. The molecular weight excluding hydrogens is 368 g/mol. The van der Waals surface area contributed by atoms with Crippen molar-refractivity contribution in [2.24, 2.45) is 16.8 Å². The lowest BCUT2D eigenvalue weighted by Crippen LogP contribution is -2.50. The van der Waals surface area contributed by atoms with E-state index in [1.54, 1.807) is 0 Å². The Labute approximate surface area is 174 Å². The molecule has 1 saturated heterocycles. The highest BCUT2D eigenvalue weighted by Gasteiger charge is 2.30. The molecular formula is C21H38N6O2. The van der Waals surface area contributed by atoms with Crippen molar-refractivity contribution in [1.82, 2.24) is 25.8 Å². The zero-order valence-corrected chi connectivity index (χ0v) is 17.9. The molecule has 2 aliphatic carbocycles. The molecule has 8 nitrogen and oxygen atoms in total. The lowest BCUT2D eigenvalue weighted by Gasteiger charge is -2.35. The van der Waals surface area contributed by atoms with Crippen LogP contribution in [0.3, 0.4) is 0 Å². The van der Waals surface area contributed by atoms with Gasteiger partial charge < -0.3 is 20.9 Å². The number of guanidine groups is 1. The molecule has 164 valence electrons. The van der Waals surface area contributed by atoms with Crippen molar-refractivity contribution >= 4 is 17.8 Å². The van der Waals surface area contributed by atoms with E-state index in [4.69, 9.17) is 0 Å². The maximum Gasteiger partial charge on any atom is 0.225 e. The van der Waals surface area contributed by atoms with Crippen LogP contribution in [0.25, 0.3) is 0 Å². The molecule has 0 unspecified atom stereocenters. The fraction of sp³-hybridized carbons (Fsp3) is 0.857. The maximum absolute atomic E-state index is 12.5. The predicted octanol–water partition coefficient (Wildman–Crippen LogP) is 0.402. The van der Waals surface area contributed by atoms with Gasteiger partial charge in [0.15, 0.2) is 5.96 Å². The van der Waals surface area contributed by atoms with Gasteiger partial charge in [0.25, 0.3) is 0 Å². The summed E-state index contributed by atoms with van der Waals surface area (Å²) in [4.78, 5) is 33.3. The number of piperazine rings is 1. The second-order valence-corrected chi connectivity index (χ2v) is 8.40. The largest absolute Gasteiger partial charge is 0.357 e. The van der Waals surface area contributed by atoms with E-state index in [1.807, 2.05) is 6.92 Å². The van der Waals surface area contributed by atoms with E-state index in [-0.39, 0.29) is 17.7 Å². The summed E-state index contributed by atoms with van der Waals surface area (Å²) >= 11 is 0. The average molecular weight is 407 g/mol. The van der Waals surface area contributed by atoms with Crippen molar-refractivity contribution in [3.8, 4) is 0 Å². The van der Waals surface area contributed by atoms with Crippen LogP contribution >= 0.6 is 0 Å². The van der Waals surface area contributed by atoms with Gasteiger partial charge in [0.2, 0.25) is 11.8 Å². The van der Waals surface area contributed by atoms with Crippen LogP contribution in [-0.2, 0) is 9.59 Å². The second-order valence-electron chi connectivity index (χ2n) is 8.40. The van der Waals surface area contributed by atoms with Crippen LogP contribution in [0.1, 0.15) is 45.4 Å². The normalized spacial score (nSPS) is 21.3. The number of aliphatic imine (C=N–C) groups is 1. The molecule has 3 aliphatic rings. The van der Waals surface area contributed by atoms with Crippen molar-refractivity contribution in [3.05, 3.63) is 0 Å². The minimum atomic E-state index is 0.180. The molecule has 8 heteroatoms. The van der Waals surface area contributed by atoms with Gasteiger partial charge in [-0.2, -0.15) is 0 Å². The summed E-state index contributed by atoms with van der Waals surface area (Å²) in [6.45, 7) is 9.34. The molecule has 0 spiro atoms. The van der Waals surface area contributed by atoms with Gasteiger partial charge in [-0.1, -0.05) is 12.8 Å². The van der Waals surface area contributed by atoms with E-state index < -0.39 is 0 Å². The third-order valence-electron chi connectivity index (χ3n) is 6.08. The predicted molar refractivity (Wildman–Crippen MR) is 115 cm³/mol. The Morgan fingerprint density at radius 2 is 1.59 bits per heavy atom. The van der Waals surface area contributed by atoms with Crippen molar-refractivity contribution in [3.63, 3.8) is 0 Å². The number of nitrogens with zero attached hydrogens (tertiary/aromatic N) is 3. The summed E-state index contributed by atoms with van der Waals surface area (Å²) in [6, 6.07) is 0. The Morgan fingerprint density at radius 1 is 0.897 bits per heavy atom. The van der Waals surface area contributed by atoms with E-state index in [9.17, 15) is 9.59 Å². The summed E-state index contributed by atoms with van der Waals surface area (Å²) in [7, 11) is 0.